The molecule has 1 atom stereocenters. The van der Waals surface area contributed by atoms with E-state index in [1.807, 2.05) is 0 Å². The molecule has 2 N–H and O–H groups in total. The summed E-state index contributed by atoms with van der Waals surface area (Å²) in [7, 11) is 0. The van der Waals surface area contributed by atoms with Crippen LogP contribution in [-0.4, -0.2) is 30.4 Å². The zero-order chi connectivity index (χ0) is 19.1. The lowest BCUT2D eigenvalue weighted by Crippen LogP contribution is -2.35. The van der Waals surface area contributed by atoms with Crippen molar-refractivity contribution in [3.8, 4) is 0 Å². The fraction of sp³-hybridized carbons (Fsp3) is 0.167. The number of carbonyl (C=O) groups is 3. The Morgan fingerprint density at radius 3 is 2.42 bits per heavy atom. The normalized spacial score (nSPS) is 11.3. The molecule has 0 radical (unpaired) electrons. The predicted molar refractivity (Wildman–Crippen MR) is 99.4 cm³/mol. The highest BCUT2D eigenvalue weighted by Gasteiger charge is 2.19. The van der Waals surface area contributed by atoms with Crippen molar-refractivity contribution in [3.05, 3.63) is 64.1 Å². The van der Waals surface area contributed by atoms with Crippen molar-refractivity contribution in [2.24, 2.45) is 0 Å². The highest BCUT2D eigenvalue weighted by atomic mass is 35.5. The zero-order valence-corrected chi connectivity index (χ0v) is 15.3. The number of halogens is 2. The van der Waals surface area contributed by atoms with E-state index in [1.54, 1.807) is 36.4 Å². The van der Waals surface area contributed by atoms with Gasteiger partial charge in [0.2, 0.25) is 0 Å². The third-order valence-electron chi connectivity index (χ3n) is 3.30. The number of hydrogen-bond donors (Lipinski definition) is 2. The number of hydrogen-bond acceptors (Lipinski definition) is 4. The van der Waals surface area contributed by atoms with E-state index in [9.17, 15) is 14.4 Å². The summed E-state index contributed by atoms with van der Waals surface area (Å²) in [6, 6.07) is 13.0. The SMILES string of the molecule is C[C@@H](OC(=O)CNC(=O)c1ccccc1)C(=O)Nc1ccc(Cl)cc1Cl. The van der Waals surface area contributed by atoms with Crippen molar-refractivity contribution >= 4 is 46.7 Å². The van der Waals surface area contributed by atoms with E-state index in [-0.39, 0.29) is 11.6 Å². The number of amides is 2. The minimum atomic E-state index is -1.07. The maximum absolute atomic E-state index is 12.1. The van der Waals surface area contributed by atoms with Crippen molar-refractivity contribution in [1.82, 2.24) is 5.32 Å². The van der Waals surface area contributed by atoms with E-state index in [0.717, 1.165) is 0 Å². The third-order valence-corrected chi connectivity index (χ3v) is 3.84. The Bertz CT molecular complexity index is 812. The van der Waals surface area contributed by atoms with Crippen molar-refractivity contribution < 1.29 is 19.1 Å². The second-order valence-electron chi connectivity index (χ2n) is 5.29. The van der Waals surface area contributed by atoms with Gasteiger partial charge in [-0.2, -0.15) is 0 Å². The largest absolute Gasteiger partial charge is 0.451 e. The first kappa shape index (κ1) is 19.8. The van der Waals surface area contributed by atoms with E-state index in [2.05, 4.69) is 10.6 Å². The first-order valence-electron chi connectivity index (χ1n) is 7.65. The number of benzene rings is 2. The van der Waals surface area contributed by atoms with Crippen LogP contribution in [0.15, 0.2) is 48.5 Å². The Labute approximate surface area is 160 Å². The van der Waals surface area contributed by atoms with E-state index in [0.29, 0.717) is 16.3 Å². The molecule has 2 aromatic carbocycles. The number of rotatable bonds is 6. The molecule has 0 bridgehead atoms. The summed E-state index contributed by atoms with van der Waals surface area (Å²) < 4.78 is 5.00. The topological polar surface area (TPSA) is 84.5 Å². The predicted octanol–water partition coefficient (Wildman–Crippen LogP) is 3.29. The van der Waals surface area contributed by atoms with E-state index in [4.69, 9.17) is 27.9 Å². The van der Waals surface area contributed by atoms with Gasteiger partial charge in [0.25, 0.3) is 11.8 Å². The van der Waals surface area contributed by atoms with Gasteiger partial charge in [-0.25, -0.2) is 0 Å². The van der Waals surface area contributed by atoms with Gasteiger partial charge in [-0.15, -0.1) is 0 Å². The Hall–Kier alpha value is -2.57. The molecule has 0 aliphatic rings. The van der Waals surface area contributed by atoms with Crippen molar-refractivity contribution in [1.29, 1.82) is 0 Å². The molecule has 8 heteroatoms. The smallest absolute Gasteiger partial charge is 0.326 e. The van der Waals surface area contributed by atoms with Gasteiger partial charge in [-0.05, 0) is 37.3 Å². The summed E-state index contributed by atoms with van der Waals surface area (Å²) in [5.74, 6) is -1.70. The van der Waals surface area contributed by atoms with Crippen LogP contribution in [0, 0.1) is 0 Å². The lowest BCUT2D eigenvalue weighted by atomic mass is 10.2. The van der Waals surface area contributed by atoms with Crippen LogP contribution in [0.1, 0.15) is 17.3 Å². The van der Waals surface area contributed by atoms with Crippen LogP contribution in [0.2, 0.25) is 10.0 Å². The summed E-state index contributed by atoms with van der Waals surface area (Å²) in [5, 5.41) is 5.66. The number of anilines is 1. The Morgan fingerprint density at radius 2 is 1.77 bits per heavy atom. The van der Waals surface area contributed by atoms with Gasteiger partial charge in [-0.3, -0.25) is 14.4 Å². The molecule has 136 valence electrons. The highest BCUT2D eigenvalue weighted by Crippen LogP contribution is 2.25. The summed E-state index contributed by atoms with van der Waals surface area (Å²) in [6.45, 7) is 1.06. The standard InChI is InChI=1S/C18H16Cl2N2O4/c1-11(17(24)22-15-8-7-13(19)9-14(15)20)26-16(23)10-21-18(25)12-5-3-2-4-6-12/h2-9,11H,10H2,1H3,(H,21,25)(H,22,24)/t11-/m1/s1. The van der Waals surface area contributed by atoms with E-state index < -0.39 is 23.9 Å². The molecule has 0 aliphatic heterocycles. The second kappa shape index (κ2) is 9.22. The molecule has 0 heterocycles. The second-order valence-corrected chi connectivity index (χ2v) is 6.14. The first-order valence-corrected chi connectivity index (χ1v) is 8.41. The molecular weight excluding hydrogens is 379 g/mol. The minimum absolute atomic E-state index is 0.263. The van der Waals surface area contributed by atoms with Crippen molar-refractivity contribution in [2.75, 3.05) is 11.9 Å². The van der Waals surface area contributed by atoms with Gasteiger partial charge in [0.15, 0.2) is 6.10 Å². The molecule has 0 spiro atoms. The highest BCUT2D eigenvalue weighted by molar-refractivity contribution is 6.36. The number of ether oxygens (including phenoxy) is 1. The molecule has 0 aliphatic carbocycles. The average molecular weight is 395 g/mol. The first-order chi connectivity index (χ1) is 12.4. The molecule has 2 aromatic rings. The zero-order valence-electron chi connectivity index (χ0n) is 13.8. The van der Waals surface area contributed by atoms with E-state index >= 15 is 0 Å². The summed E-state index contributed by atoms with van der Waals surface area (Å²) in [4.78, 5) is 35.7. The molecule has 2 rings (SSSR count). The molecule has 0 unspecified atom stereocenters. The fourth-order valence-corrected chi connectivity index (χ4v) is 2.42. The number of nitrogens with one attached hydrogen (secondary N) is 2. The van der Waals surface area contributed by atoms with Gasteiger partial charge in [0.05, 0.1) is 10.7 Å². The summed E-state index contributed by atoms with van der Waals surface area (Å²) in [5.41, 5.74) is 0.768. The molecule has 0 saturated carbocycles. The quantitative estimate of drug-likeness (QED) is 0.736. The summed E-state index contributed by atoms with van der Waals surface area (Å²) in [6.07, 6.45) is -1.07. The maximum Gasteiger partial charge on any atom is 0.326 e. The van der Waals surface area contributed by atoms with Crippen molar-refractivity contribution in [3.63, 3.8) is 0 Å². The number of carbonyl (C=O) groups excluding carboxylic acids is 3. The van der Waals surface area contributed by atoms with Crippen molar-refractivity contribution in [2.45, 2.75) is 13.0 Å². The monoisotopic (exact) mass is 394 g/mol. The van der Waals surface area contributed by atoms with Gasteiger partial charge in [0.1, 0.15) is 6.54 Å². The van der Waals surface area contributed by atoms with Gasteiger partial charge in [0, 0.05) is 10.6 Å². The number of esters is 1. The van der Waals surface area contributed by atoms with Crippen LogP contribution < -0.4 is 10.6 Å². The van der Waals surface area contributed by atoms with Gasteiger partial charge in [-0.1, -0.05) is 41.4 Å². The molecule has 6 nitrogen and oxygen atoms in total. The minimum Gasteiger partial charge on any atom is -0.451 e. The van der Waals surface area contributed by atoms with Crippen LogP contribution in [-0.2, 0) is 14.3 Å². The fourth-order valence-electron chi connectivity index (χ4n) is 1.96. The third kappa shape index (κ3) is 5.75. The van der Waals surface area contributed by atoms with Gasteiger partial charge < -0.3 is 15.4 Å². The maximum atomic E-state index is 12.1. The lowest BCUT2D eigenvalue weighted by molar-refractivity contribution is -0.152. The van der Waals surface area contributed by atoms with E-state index in [1.165, 1.54) is 19.1 Å². The van der Waals surface area contributed by atoms with Crippen LogP contribution >= 0.6 is 23.2 Å². The molecule has 2 amide bonds. The summed E-state index contributed by atoms with van der Waals surface area (Å²) >= 11 is 11.8. The van der Waals surface area contributed by atoms with Crippen LogP contribution in [0.5, 0.6) is 0 Å². The molecule has 0 fully saturated rings. The Kier molecular flexibility index (Phi) is 7.00. The van der Waals surface area contributed by atoms with Crippen LogP contribution in [0.25, 0.3) is 0 Å². The van der Waals surface area contributed by atoms with Crippen LogP contribution in [0.3, 0.4) is 0 Å². The molecule has 0 saturated heterocycles. The molecular formula is C18H16Cl2N2O4. The Morgan fingerprint density at radius 1 is 1.08 bits per heavy atom. The molecule has 26 heavy (non-hydrogen) atoms. The lowest BCUT2D eigenvalue weighted by Gasteiger charge is -2.14. The molecule has 0 aromatic heterocycles. The Balaban J connectivity index is 1.82. The van der Waals surface area contributed by atoms with Gasteiger partial charge >= 0.3 is 5.97 Å². The average Bonchev–Trinajstić information content (AvgIpc) is 2.62. The van der Waals surface area contributed by atoms with Crippen LogP contribution in [0.4, 0.5) is 5.69 Å².